The van der Waals surface area contributed by atoms with Gasteiger partial charge in [-0.05, 0) is 11.6 Å². The minimum absolute atomic E-state index is 0.291. The maximum atomic E-state index is 10.7. The van der Waals surface area contributed by atoms with Crippen LogP contribution in [0.2, 0.25) is 0 Å². The number of hydrogen-bond acceptors (Lipinski definition) is 2. The van der Waals surface area contributed by atoms with E-state index in [2.05, 4.69) is 0 Å². The molecule has 1 aromatic carbocycles. The molecule has 1 aromatic rings. The van der Waals surface area contributed by atoms with E-state index >= 15 is 0 Å². The minimum Gasteiger partial charge on any atom is -0.493 e. The Labute approximate surface area is 76.5 Å². The lowest BCUT2D eigenvalue weighted by molar-refractivity contribution is -0.117. The molecule has 0 aromatic heterocycles. The van der Waals surface area contributed by atoms with Crippen molar-refractivity contribution in [2.45, 2.75) is 12.8 Å². The molecular weight excluding hydrogens is 166 g/mol. The topological polar surface area (TPSA) is 52.3 Å². The van der Waals surface area contributed by atoms with E-state index in [-0.39, 0.29) is 5.91 Å². The summed E-state index contributed by atoms with van der Waals surface area (Å²) in [7, 11) is 0. The van der Waals surface area contributed by atoms with Crippen LogP contribution in [0.15, 0.2) is 18.2 Å². The number of primary amides is 1. The van der Waals surface area contributed by atoms with Crippen molar-refractivity contribution in [3.8, 4) is 5.75 Å². The van der Waals surface area contributed by atoms with Crippen LogP contribution in [0.1, 0.15) is 11.1 Å². The summed E-state index contributed by atoms with van der Waals surface area (Å²) in [4.78, 5) is 10.7. The number of carbonyl (C=O) groups excluding carboxylic acids is 1. The minimum atomic E-state index is -0.291. The van der Waals surface area contributed by atoms with Crippen molar-refractivity contribution in [2.24, 2.45) is 5.73 Å². The summed E-state index contributed by atoms with van der Waals surface area (Å²) in [6.45, 7) is 0.713. The number of amides is 1. The highest BCUT2D eigenvalue weighted by Crippen LogP contribution is 2.28. The van der Waals surface area contributed by atoms with E-state index in [1.54, 1.807) is 0 Å². The Morgan fingerprint density at radius 1 is 1.54 bits per heavy atom. The Bertz CT molecular complexity index is 347. The first-order valence-corrected chi connectivity index (χ1v) is 4.29. The lowest BCUT2D eigenvalue weighted by Crippen LogP contribution is -2.14. The third-order valence-electron chi connectivity index (χ3n) is 2.20. The van der Waals surface area contributed by atoms with E-state index < -0.39 is 0 Å². The lowest BCUT2D eigenvalue weighted by Gasteiger charge is -2.03. The third kappa shape index (κ3) is 1.49. The Morgan fingerprint density at radius 2 is 2.38 bits per heavy atom. The van der Waals surface area contributed by atoms with Crippen molar-refractivity contribution in [1.82, 2.24) is 0 Å². The fraction of sp³-hybridized carbons (Fsp3) is 0.300. The zero-order valence-electron chi connectivity index (χ0n) is 7.25. The van der Waals surface area contributed by atoms with Crippen molar-refractivity contribution in [3.63, 3.8) is 0 Å². The molecule has 0 bridgehead atoms. The Balaban J connectivity index is 2.36. The van der Waals surface area contributed by atoms with Crippen LogP contribution >= 0.6 is 0 Å². The van der Waals surface area contributed by atoms with E-state index in [0.29, 0.717) is 13.0 Å². The molecule has 0 saturated heterocycles. The van der Waals surface area contributed by atoms with Crippen molar-refractivity contribution in [1.29, 1.82) is 0 Å². The smallest absolute Gasteiger partial charge is 0.221 e. The maximum Gasteiger partial charge on any atom is 0.221 e. The summed E-state index contributed by atoms with van der Waals surface area (Å²) in [5, 5.41) is 0. The van der Waals surface area contributed by atoms with Crippen molar-refractivity contribution < 1.29 is 9.53 Å². The van der Waals surface area contributed by atoms with E-state index in [9.17, 15) is 4.79 Å². The predicted octanol–water partition coefficient (Wildman–Crippen LogP) is 0.649. The molecule has 0 spiro atoms. The summed E-state index contributed by atoms with van der Waals surface area (Å²) in [5.74, 6) is 0.610. The van der Waals surface area contributed by atoms with Gasteiger partial charge in [0.2, 0.25) is 5.91 Å². The van der Waals surface area contributed by atoms with Crippen LogP contribution in [0.5, 0.6) is 5.75 Å². The van der Waals surface area contributed by atoms with Crippen LogP contribution in [-0.4, -0.2) is 12.5 Å². The molecule has 0 unspecified atom stereocenters. The second-order valence-electron chi connectivity index (χ2n) is 3.14. The van der Waals surface area contributed by atoms with E-state index in [4.69, 9.17) is 10.5 Å². The number of benzene rings is 1. The highest BCUT2D eigenvalue weighted by atomic mass is 16.5. The third-order valence-corrected chi connectivity index (χ3v) is 2.20. The molecule has 0 aliphatic carbocycles. The number of ether oxygens (including phenoxy) is 1. The highest BCUT2D eigenvalue weighted by molar-refractivity contribution is 5.77. The van der Waals surface area contributed by atoms with Gasteiger partial charge in [-0.25, -0.2) is 0 Å². The number of rotatable bonds is 2. The van der Waals surface area contributed by atoms with Gasteiger partial charge >= 0.3 is 0 Å². The fourth-order valence-electron chi connectivity index (χ4n) is 1.65. The van der Waals surface area contributed by atoms with Gasteiger partial charge in [0.25, 0.3) is 0 Å². The second-order valence-corrected chi connectivity index (χ2v) is 3.14. The highest BCUT2D eigenvalue weighted by Gasteiger charge is 2.16. The largest absolute Gasteiger partial charge is 0.493 e. The molecule has 0 saturated carbocycles. The number of hydrogen-bond donors (Lipinski definition) is 1. The number of nitrogens with two attached hydrogens (primary N) is 1. The van der Waals surface area contributed by atoms with E-state index in [1.807, 2.05) is 18.2 Å². The van der Waals surface area contributed by atoms with Gasteiger partial charge in [-0.1, -0.05) is 12.1 Å². The first-order valence-electron chi connectivity index (χ1n) is 4.29. The summed E-state index contributed by atoms with van der Waals surface area (Å²) in [5.41, 5.74) is 7.28. The second kappa shape index (κ2) is 3.09. The summed E-state index contributed by atoms with van der Waals surface area (Å²) in [6.07, 6.45) is 1.20. The van der Waals surface area contributed by atoms with Gasteiger partial charge in [0.1, 0.15) is 5.75 Å². The summed E-state index contributed by atoms with van der Waals surface area (Å²) < 4.78 is 5.37. The standard InChI is InChI=1S/C10H11NO2/c11-10(12)6-7-2-1-3-9-8(7)4-5-13-9/h1-3H,4-6H2,(H2,11,12). The van der Waals surface area contributed by atoms with Gasteiger partial charge in [0.05, 0.1) is 13.0 Å². The molecule has 13 heavy (non-hydrogen) atoms. The first kappa shape index (κ1) is 8.10. The molecule has 1 aliphatic heterocycles. The van der Waals surface area contributed by atoms with E-state index in [0.717, 1.165) is 23.3 Å². The Kier molecular flexibility index (Phi) is 1.93. The zero-order valence-corrected chi connectivity index (χ0v) is 7.25. The molecule has 0 radical (unpaired) electrons. The van der Waals surface area contributed by atoms with E-state index in [1.165, 1.54) is 0 Å². The van der Waals surface area contributed by atoms with Crippen molar-refractivity contribution >= 4 is 5.91 Å². The summed E-state index contributed by atoms with van der Waals surface area (Å²) >= 11 is 0. The van der Waals surface area contributed by atoms with Crippen LogP contribution in [0.3, 0.4) is 0 Å². The van der Waals surface area contributed by atoms with Crippen LogP contribution < -0.4 is 10.5 Å². The lowest BCUT2D eigenvalue weighted by atomic mass is 10.0. The molecule has 2 N–H and O–H groups in total. The van der Waals surface area contributed by atoms with Gasteiger partial charge < -0.3 is 10.5 Å². The van der Waals surface area contributed by atoms with Gasteiger partial charge in [-0.3, -0.25) is 4.79 Å². The van der Waals surface area contributed by atoms with Crippen molar-refractivity contribution in [2.75, 3.05) is 6.61 Å². The van der Waals surface area contributed by atoms with Crippen LogP contribution in [0.25, 0.3) is 0 Å². The summed E-state index contributed by atoms with van der Waals surface area (Å²) in [6, 6.07) is 5.74. The molecule has 0 atom stereocenters. The Morgan fingerprint density at radius 3 is 3.15 bits per heavy atom. The molecule has 1 aliphatic rings. The molecule has 1 heterocycles. The maximum absolute atomic E-state index is 10.7. The number of fused-ring (bicyclic) bond motifs is 1. The van der Waals surface area contributed by atoms with Crippen molar-refractivity contribution in [3.05, 3.63) is 29.3 Å². The van der Waals surface area contributed by atoms with Gasteiger partial charge in [0, 0.05) is 12.0 Å². The van der Waals surface area contributed by atoms with Crippen LogP contribution in [0.4, 0.5) is 0 Å². The monoisotopic (exact) mass is 177 g/mol. The van der Waals surface area contributed by atoms with Gasteiger partial charge in [-0.15, -0.1) is 0 Å². The SMILES string of the molecule is NC(=O)Cc1cccc2c1CCO2. The molecule has 3 nitrogen and oxygen atoms in total. The van der Waals surface area contributed by atoms with Crippen LogP contribution in [-0.2, 0) is 17.6 Å². The molecule has 1 amide bonds. The van der Waals surface area contributed by atoms with Gasteiger partial charge in [-0.2, -0.15) is 0 Å². The first-order chi connectivity index (χ1) is 6.27. The molecule has 68 valence electrons. The normalized spacial score (nSPS) is 13.5. The average Bonchev–Trinajstić information content (AvgIpc) is 2.51. The molecule has 0 fully saturated rings. The fourth-order valence-corrected chi connectivity index (χ4v) is 1.65. The quantitative estimate of drug-likeness (QED) is 0.721. The Hall–Kier alpha value is -1.51. The van der Waals surface area contributed by atoms with Crippen LogP contribution in [0, 0.1) is 0 Å². The molecule has 3 heteroatoms. The predicted molar refractivity (Wildman–Crippen MR) is 48.5 cm³/mol. The number of carbonyl (C=O) groups is 1. The average molecular weight is 177 g/mol. The van der Waals surface area contributed by atoms with Gasteiger partial charge in [0.15, 0.2) is 0 Å². The zero-order chi connectivity index (χ0) is 9.26. The molecular formula is C10H11NO2. The molecule has 2 rings (SSSR count).